The van der Waals surface area contributed by atoms with E-state index in [4.69, 9.17) is 20.4 Å². The monoisotopic (exact) mass is 636 g/mol. The lowest BCUT2D eigenvalue weighted by Gasteiger charge is -2.38. The zero-order valence-electron chi connectivity index (χ0n) is 26.7. The molecular weight excluding hydrogens is 596 g/mol. The number of ether oxygens (including phenoxy) is 1. The topological polar surface area (TPSA) is 149 Å². The van der Waals surface area contributed by atoms with E-state index >= 15 is 0 Å². The number of amides is 4. The molecule has 2 bridgehead atoms. The Morgan fingerprint density at radius 1 is 1.06 bits per heavy atom. The van der Waals surface area contributed by atoms with Gasteiger partial charge in [-0.2, -0.15) is 0 Å². The summed E-state index contributed by atoms with van der Waals surface area (Å²) in [5.41, 5.74) is 11.4. The number of nitrogens with zero attached hydrogens (tertiary/aromatic N) is 5. The van der Waals surface area contributed by atoms with Crippen molar-refractivity contribution in [1.82, 2.24) is 34.6 Å². The van der Waals surface area contributed by atoms with Crippen molar-refractivity contribution in [2.75, 3.05) is 13.7 Å². The highest BCUT2D eigenvalue weighted by Crippen LogP contribution is 2.41. The van der Waals surface area contributed by atoms with Crippen molar-refractivity contribution in [3.05, 3.63) is 41.6 Å². The highest BCUT2D eigenvalue weighted by molar-refractivity contribution is 6.01. The average molecular weight is 637 g/mol. The fourth-order valence-electron chi connectivity index (χ4n) is 8.88. The van der Waals surface area contributed by atoms with E-state index < -0.39 is 6.03 Å². The maximum atomic E-state index is 13.8. The van der Waals surface area contributed by atoms with Gasteiger partial charge < -0.3 is 29.8 Å². The molecule has 4 N–H and O–H groups in total. The Balaban J connectivity index is 1.09. The highest BCUT2D eigenvalue weighted by atomic mass is 16.5. The number of nitrogens with two attached hydrogens (primary N) is 1. The van der Waals surface area contributed by atoms with Crippen molar-refractivity contribution in [2.24, 2.45) is 30.5 Å². The summed E-state index contributed by atoms with van der Waals surface area (Å²) in [7, 11) is 3.63. The first-order valence-corrected chi connectivity index (χ1v) is 17.0. The lowest BCUT2D eigenvalue weighted by molar-refractivity contribution is -0.127. The summed E-state index contributed by atoms with van der Waals surface area (Å²) in [4.78, 5) is 50.6. The summed E-state index contributed by atoms with van der Waals surface area (Å²) in [5.74, 6) is 2.06. The number of aromatic nitrogens is 4. The Kier molecular flexibility index (Phi) is 6.44. The van der Waals surface area contributed by atoms with E-state index in [2.05, 4.69) is 38.0 Å². The second-order valence-corrected chi connectivity index (χ2v) is 14.4. The SMILES string of the molecule is COc1cc(C(=O)N2CC3CCC2[C@@H]3N)cc2nc(-c3cc4ccc(C5CCC6NC(=O)NC(=O)C6C5)nc4n3CC3CC3)n(C)c12. The lowest BCUT2D eigenvalue weighted by atomic mass is 9.75. The van der Waals surface area contributed by atoms with Crippen molar-refractivity contribution in [1.29, 1.82) is 0 Å². The molecule has 2 saturated heterocycles. The summed E-state index contributed by atoms with van der Waals surface area (Å²) in [6.07, 6.45) is 6.69. The largest absolute Gasteiger partial charge is 0.494 e. The Bertz CT molecular complexity index is 1980. The normalized spacial score (nSPS) is 28.5. The molecule has 9 rings (SSSR count). The number of fused-ring (bicyclic) bond motifs is 5. The number of rotatable bonds is 6. The van der Waals surface area contributed by atoms with Crippen LogP contribution in [0.1, 0.15) is 66.9 Å². The number of imidazole rings is 1. The first-order valence-electron chi connectivity index (χ1n) is 17.0. The molecule has 0 radical (unpaired) electrons. The molecule has 2 aliphatic heterocycles. The molecule has 5 aliphatic rings. The molecule has 47 heavy (non-hydrogen) atoms. The zero-order chi connectivity index (χ0) is 32.1. The lowest BCUT2D eigenvalue weighted by Crippen LogP contribution is -2.59. The van der Waals surface area contributed by atoms with E-state index in [0.29, 0.717) is 41.6 Å². The molecule has 3 aliphatic carbocycles. The van der Waals surface area contributed by atoms with E-state index in [-0.39, 0.29) is 41.8 Å². The van der Waals surface area contributed by atoms with Crippen molar-refractivity contribution in [3.63, 3.8) is 0 Å². The van der Waals surface area contributed by atoms with E-state index in [1.54, 1.807) is 7.11 Å². The van der Waals surface area contributed by atoms with Gasteiger partial charge >= 0.3 is 6.03 Å². The van der Waals surface area contributed by atoms with Gasteiger partial charge in [-0.05, 0) is 87.1 Å². The number of hydrogen-bond donors (Lipinski definition) is 3. The van der Waals surface area contributed by atoms with Crippen molar-refractivity contribution >= 4 is 39.9 Å². The Labute approximate surface area is 272 Å². The van der Waals surface area contributed by atoms with Crippen LogP contribution in [-0.2, 0) is 18.4 Å². The van der Waals surface area contributed by atoms with Crippen LogP contribution in [0.25, 0.3) is 33.6 Å². The number of piperidine rings is 1. The molecule has 6 atom stereocenters. The van der Waals surface area contributed by atoms with Gasteiger partial charge in [0.05, 0.1) is 24.2 Å². The molecular formula is C35H40N8O4. The molecule has 244 valence electrons. The summed E-state index contributed by atoms with van der Waals surface area (Å²) in [5, 5.41) is 6.40. The molecule has 3 aromatic heterocycles. The zero-order valence-corrected chi connectivity index (χ0v) is 26.7. The highest BCUT2D eigenvalue weighted by Gasteiger charge is 2.47. The van der Waals surface area contributed by atoms with Crippen LogP contribution < -0.4 is 21.1 Å². The van der Waals surface area contributed by atoms with E-state index in [9.17, 15) is 14.4 Å². The van der Waals surface area contributed by atoms with Gasteiger partial charge in [0.25, 0.3) is 5.91 Å². The van der Waals surface area contributed by atoms with E-state index in [1.807, 2.05) is 24.1 Å². The maximum absolute atomic E-state index is 13.8. The van der Waals surface area contributed by atoms with Crippen molar-refractivity contribution in [3.8, 4) is 17.3 Å². The van der Waals surface area contributed by atoms with Gasteiger partial charge in [-0.3, -0.25) is 14.9 Å². The number of urea groups is 1. The van der Waals surface area contributed by atoms with Crippen LogP contribution in [0, 0.1) is 17.8 Å². The van der Waals surface area contributed by atoms with Crippen molar-refractivity contribution < 1.29 is 19.1 Å². The van der Waals surface area contributed by atoms with Crippen LogP contribution >= 0.6 is 0 Å². The third kappa shape index (κ3) is 4.55. The standard InChI is InChI=1S/C35H40N8O4/c1-41-30-25(12-21(14-28(30)47-2)34(45)43-16-20-7-10-26(43)29(20)36)38-32(41)27-13-19-6-8-23(37-31(19)42(27)15-17-3-4-17)18-5-9-24-22(11-18)33(44)40-35(46)39-24/h6,8,12-14,17-18,20,22,24,26,29H,3-5,7,9-11,15-16,36H2,1-2H3,(H2,39,40,44,46)/t18?,20?,22?,24?,26?,29-/m1/s1. The van der Waals surface area contributed by atoms with Gasteiger partial charge in [0, 0.05) is 60.8 Å². The molecule has 12 nitrogen and oxygen atoms in total. The number of pyridine rings is 1. The van der Waals surface area contributed by atoms with Gasteiger partial charge in [0.2, 0.25) is 5.91 Å². The number of aryl methyl sites for hydroxylation is 1. The molecule has 4 amide bonds. The minimum absolute atomic E-state index is 0.0123. The van der Waals surface area contributed by atoms with Crippen LogP contribution in [0.2, 0.25) is 0 Å². The number of likely N-dealkylation sites (tertiary alicyclic amines) is 1. The molecule has 0 spiro atoms. The van der Waals surface area contributed by atoms with Crippen LogP contribution in [0.15, 0.2) is 30.3 Å². The Hall–Kier alpha value is -4.45. The quantitative estimate of drug-likeness (QED) is 0.292. The molecule has 5 unspecified atom stereocenters. The molecule has 5 fully saturated rings. The van der Waals surface area contributed by atoms with Crippen LogP contribution in [0.3, 0.4) is 0 Å². The Morgan fingerprint density at radius 3 is 2.66 bits per heavy atom. The number of hydrogen-bond acceptors (Lipinski definition) is 7. The van der Waals surface area contributed by atoms with Crippen LogP contribution in [0.5, 0.6) is 5.75 Å². The number of methoxy groups -OCH3 is 1. The number of carbonyl (C=O) groups excluding carboxylic acids is 3. The average Bonchev–Trinajstić information content (AvgIpc) is 3.47. The molecule has 3 saturated carbocycles. The molecule has 1 aromatic carbocycles. The number of carbonyl (C=O) groups is 3. The first kappa shape index (κ1) is 28.7. The number of nitrogens with one attached hydrogen (secondary N) is 2. The smallest absolute Gasteiger partial charge is 0.321 e. The summed E-state index contributed by atoms with van der Waals surface area (Å²) in [6, 6.07) is 9.76. The van der Waals surface area contributed by atoms with Crippen LogP contribution in [-0.4, -0.2) is 73.6 Å². The third-order valence-electron chi connectivity index (χ3n) is 11.6. The molecule has 12 heteroatoms. The second kappa shape index (κ2) is 10.5. The number of imide groups is 1. The third-order valence-corrected chi connectivity index (χ3v) is 11.6. The summed E-state index contributed by atoms with van der Waals surface area (Å²) in [6.45, 7) is 1.56. The summed E-state index contributed by atoms with van der Waals surface area (Å²) >= 11 is 0. The van der Waals surface area contributed by atoms with E-state index in [1.165, 1.54) is 12.8 Å². The molecule has 4 aromatic rings. The fourth-order valence-corrected chi connectivity index (χ4v) is 8.88. The minimum atomic E-state index is -0.398. The predicted octanol–water partition coefficient (Wildman–Crippen LogP) is 3.66. The van der Waals surface area contributed by atoms with Crippen LogP contribution in [0.4, 0.5) is 4.79 Å². The van der Waals surface area contributed by atoms with Crippen molar-refractivity contribution in [2.45, 2.75) is 75.5 Å². The molecule has 5 heterocycles. The second-order valence-electron chi connectivity index (χ2n) is 14.4. The van der Waals surface area contributed by atoms with Gasteiger partial charge in [0.15, 0.2) is 5.82 Å². The van der Waals surface area contributed by atoms with Gasteiger partial charge in [-0.1, -0.05) is 0 Å². The first-order chi connectivity index (χ1) is 22.8. The Morgan fingerprint density at radius 2 is 1.91 bits per heavy atom. The van der Waals surface area contributed by atoms with Gasteiger partial charge in [-0.15, -0.1) is 0 Å². The van der Waals surface area contributed by atoms with E-state index in [0.717, 1.165) is 66.0 Å². The fraction of sp³-hybridized carbons (Fsp3) is 0.514. The number of benzene rings is 1. The van der Waals surface area contributed by atoms with Gasteiger partial charge in [-0.25, -0.2) is 14.8 Å². The predicted molar refractivity (Wildman–Crippen MR) is 175 cm³/mol. The summed E-state index contributed by atoms with van der Waals surface area (Å²) < 4.78 is 10.2. The minimum Gasteiger partial charge on any atom is -0.494 e. The van der Waals surface area contributed by atoms with Gasteiger partial charge in [0.1, 0.15) is 16.9 Å². The maximum Gasteiger partial charge on any atom is 0.321 e.